The molecule has 1 saturated heterocycles. The van der Waals surface area contributed by atoms with Gasteiger partial charge in [0.05, 0.1) is 10.6 Å². The van der Waals surface area contributed by atoms with Crippen LogP contribution in [0.2, 0.25) is 5.02 Å². The lowest BCUT2D eigenvalue weighted by atomic mass is 10.1. The fourth-order valence-corrected chi connectivity index (χ4v) is 5.04. The molecule has 0 spiro atoms. The number of carbonyl (C=O) groups is 2. The molecule has 1 atom stereocenters. The van der Waals surface area contributed by atoms with Crippen molar-refractivity contribution in [2.75, 3.05) is 13.1 Å². The molecule has 3 rings (SSSR count). The van der Waals surface area contributed by atoms with E-state index >= 15 is 0 Å². The molecule has 1 aliphatic heterocycles. The highest BCUT2D eigenvalue weighted by Gasteiger charge is 2.30. The zero-order chi connectivity index (χ0) is 21.2. The summed E-state index contributed by atoms with van der Waals surface area (Å²) in [7, 11) is -3.83. The summed E-state index contributed by atoms with van der Waals surface area (Å²) in [4.78, 5) is 24.7. The number of nitrogens with zero attached hydrogens (tertiary/aromatic N) is 1. The Morgan fingerprint density at radius 2 is 1.66 bits per heavy atom. The molecule has 0 aliphatic carbocycles. The van der Waals surface area contributed by atoms with Gasteiger partial charge >= 0.3 is 5.97 Å². The number of sulfonamides is 1. The zero-order valence-corrected chi connectivity index (χ0v) is 17.2. The molecule has 2 aromatic rings. The molecule has 154 valence electrons. The number of halogens is 2. The minimum atomic E-state index is -3.83. The van der Waals surface area contributed by atoms with Crippen LogP contribution < -0.4 is 0 Å². The van der Waals surface area contributed by atoms with Gasteiger partial charge in [0.1, 0.15) is 10.7 Å². The monoisotopic (exact) mass is 439 g/mol. The van der Waals surface area contributed by atoms with E-state index in [1.54, 1.807) is 0 Å². The molecule has 1 aliphatic rings. The number of hydrogen-bond acceptors (Lipinski definition) is 5. The predicted molar refractivity (Wildman–Crippen MR) is 105 cm³/mol. The summed E-state index contributed by atoms with van der Waals surface area (Å²) >= 11 is 6.07. The van der Waals surface area contributed by atoms with Crippen LogP contribution in [0.4, 0.5) is 4.39 Å². The second-order valence-electron chi connectivity index (χ2n) is 6.68. The summed E-state index contributed by atoms with van der Waals surface area (Å²) in [6.45, 7) is 2.19. The van der Waals surface area contributed by atoms with E-state index in [9.17, 15) is 22.4 Å². The number of rotatable bonds is 6. The van der Waals surface area contributed by atoms with E-state index in [-0.39, 0.29) is 21.0 Å². The first-order chi connectivity index (χ1) is 13.7. The summed E-state index contributed by atoms with van der Waals surface area (Å²) in [5.74, 6) is -1.85. The SMILES string of the molecule is CC(OC(=O)c1ccc(Cl)c(S(=O)(=O)N2CCCC2)c1)C(=O)c1ccc(F)cc1. The van der Waals surface area contributed by atoms with Crippen LogP contribution >= 0.6 is 11.6 Å². The third-order valence-electron chi connectivity index (χ3n) is 4.63. The first-order valence-corrected chi connectivity index (χ1v) is 10.8. The fourth-order valence-electron chi connectivity index (χ4n) is 3.03. The van der Waals surface area contributed by atoms with Gasteiger partial charge in [0.25, 0.3) is 0 Å². The zero-order valence-electron chi connectivity index (χ0n) is 15.6. The van der Waals surface area contributed by atoms with E-state index in [0.717, 1.165) is 31.0 Å². The predicted octanol–water partition coefficient (Wildman–Crippen LogP) is 3.69. The number of ketones is 1. The molecule has 9 heteroatoms. The number of Topliss-reactive ketones (excluding diaryl/α,β-unsaturated/α-hetero) is 1. The van der Waals surface area contributed by atoms with E-state index in [0.29, 0.717) is 13.1 Å². The topological polar surface area (TPSA) is 80.8 Å². The van der Waals surface area contributed by atoms with Gasteiger partial charge in [-0.3, -0.25) is 4.79 Å². The molecule has 0 bridgehead atoms. The second-order valence-corrected chi connectivity index (χ2v) is 8.99. The molecule has 1 unspecified atom stereocenters. The molecule has 6 nitrogen and oxygen atoms in total. The summed E-state index contributed by atoms with van der Waals surface area (Å²) in [6, 6.07) is 8.67. The average molecular weight is 440 g/mol. The number of carbonyl (C=O) groups excluding carboxylic acids is 2. The van der Waals surface area contributed by atoms with Crippen LogP contribution in [0.3, 0.4) is 0 Å². The Morgan fingerprint density at radius 1 is 1.07 bits per heavy atom. The largest absolute Gasteiger partial charge is 0.451 e. The molecule has 2 aromatic carbocycles. The third kappa shape index (κ3) is 4.66. The summed E-state index contributed by atoms with van der Waals surface area (Å²) in [5.41, 5.74) is 0.158. The highest BCUT2D eigenvalue weighted by Crippen LogP contribution is 2.28. The minimum absolute atomic E-state index is 0.00360. The Balaban J connectivity index is 1.79. The van der Waals surface area contributed by atoms with Crippen molar-refractivity contribution in [1.29, 1.82) is 0 Å². The number of hydrogen-bond donors (Lipinski definition) is 0. The van der Waals surface area contributed by atoms with Crippen LogP contribution in [0.1, 0.15) is 40.5 Å². The Bertz CT molecular complexity index is 1030. The van der Waals surface area contributed by atoms with E-state index in [1.807, 2.05) is 0 Å². The van der Waals surface area contributed by atoms with Crippen molar-refractivity contribution in [1.82, 2.24) is 4.31 Å². The van der Waals surface area contributed by atoms with Crippen molar-refractivity contribution in [3.8, 4) is 0 Å². The van der Waals surface area contributed by atoms with Crippen molar-refractivity contribution < 1.29 is 27.1 Å². The molecule has 0 aromatic heterocycles. The van der Waals surface area contributed by atoms with Gasteiger partial charge < -0.3 is 4.74 Å². The van der Waals surface area contributed by atoms with Crippen LogP contribution in [0.5, 0.6) is 0 Å². The molecule has 29 heavy (non-hydrogen) atoms. The average Bonchev–Trinajstić information content (AvgIpc) is 3.24. The second kappa shape index (κ2) is 8.61. The molecule has 0 amide bonds. The quantitative estimate of drug-likeness (QED) is 0.506. The maximum absolute atomic E-state index is 13.0. The first kappa shape index (κ1) is 21.4. The minimum Gasteiger partial charge on any atom is -0.451 e. The molecule has 0 saturated carbocycles. The Hall–Kier alpha value is -2.29. The van der Waals surface area contributed by atoms with E-state index in [1.165, 1.54) is 35.5 Å². The lowest BCUT2D eigenvalue weighted by Crippen LogP contribution is -2.28. The van der Waals surface area contributed by atoms with Crippen molar-refractivity contribution in [2.24, 2.45) is 0 Å². The molecule has 1 heterocycles. The standard InChI is InChI=1S/C20H19ClFNO5S/c1-13(19(24)14-4-7-16(22)8-5-14)28-20(25)15-6-9-17(21)18(12-15)29(26,27)23-10-2-3-11-23/h4-9,12-13H,2-3,10-11H2,1H3. The lowest BCUT2D eigenvalue weighted by molar-refractivity contribution is 0.0318. The Kier molecular flexibility index (Phi) is 6.36. The molecular weight excluding hydrogens is 421 g/mol. The summed E-state index contributed by atoms with van der Waals surface area (Å²) < 4.78 is 45.1. The maximum atomic E-state index is 13.0. The van der Waals surface area contributed by atoms with Crippen LogP contribution in [0.25, 0.3) is 0 Å². The van der Waals surface area contributed by atoms with E-state index < -0.39 is 33.7 Å². The normalized spacial score (nSPS) is 15.8. The molecule has 0 radical (unpaired) electrons. The van der Waals surface area contributed by atoms with E-state index in [2.05, 4.69) is 0 Å². The summed E-state index contributed by atoms with van der Waals surface area (Å²) in [5, 5.41) is 0.00360. The van der Waals surface area contributed by atoms with Crippen molar-refractivity contribution in [3.63, 3.8) is 0 Å². The van der Waals surface area contributed by atoms with Gasteiger partial charge in [-0.1, -0.05) is 11.6 Å². The van der Waals surface area contributed by atoms with Gasteiger partial charge in [0.15, 0.2) is 6.10 Å². The highest BCUT2D eigenvalue weighted by atomic mass is 35.5. The van der Waals surface area contributed by atoms with Crippen LogP contribution in [0.15, 0.2) is 47.4 Å². The van der Waals surface area contributed by atoms with Gasteiger partial charge in [-0.15, -0.1) is 0 Å². The molecule has 0 N–H and O–H groups in total. The Labute approximate surface area is 173 Å². The van der Waals surface area contributed by atoms with Gasteiger partial charge in [0, 0.05) is 18.7 Å². The number of esters is 1. The van der Waals surface area contributed by atoms with Gasteiger partial charge in [-0.25, -0.2) is 17.6 Å². The molecular formula is C20H19ClFNO5S. The van der Waals surface area contributed by atoms with Crippen LogP contribution in [-0.4, -0.2) is 43.7 Å². The van der Waals surface area contributed by atoms with Crippen LogP contribution in [-0.2, 0) is 14.8 Å². The van der Waals surface area contributed by atoms with Gasteiger partial charge in [-0.2, -0.15) is 4.31 Å². The van der Waals surface area contributed by atoms with Gasteiger partial charge in [0.2, 0.25) is 15.8 Å². The first-order valence-electron chi connectivity index (χ1n) is 9.00. The Morgan fingerprint density at radius 3 is 2.28 bits per heavy atom. The van der Waals surface area contributed by atoms with Gasteiger partial charge in [-0.05, 0) is 62.2 Å². The van der Waals surface area contributed by atoms with Crippen molar-refractivity contribution >= 4 is 33.4 Å². The lowest BCUT2D eigenvalue weighted by Gasteiger charge is -2.17. The van der Waals surface area contributed by atoms with Crippen LogP contribution in [0, 0.1) is 5.82 Å². The van der Waals surface area contributed by atoms with E-state index in [4.69, 9.17) is 16.3 Å². The third-order valence-corrected chi connectivity index (χ3v) is 7.01. The number of ether oxygens (including phenoxy) is 1. The maximum Gasteiger partial charge on any atom is 0.338 e. The molecule has 1 fully saturated rings. The number of benzene rings is 2. The smallest absolute Gasteiger partial charge is 0.338 e. The van der Waals surface area contributed by atoms with Crippen molar-refractivity contribution in [3.05, 3.63) is 64.4 Å². The fraction of sp³-hybridized carbons (Fsp3) is 0.300. The summed E-state index contributed by atoms with van der Waals surface area (Å²) in [6.07, 6.45) is 0.394. The van der Waals surface area contributed by atoms with Crippen molar-refractivity contribution in [2.45, 2.75) is 30.8 Å². The highest BCUT2D eigenvalue weighted by molar-refractivity contribution is 7.89.